The summed E-state index contributed by atoms with van der Waals surface area (Å²) in [6, 6.07) is 8.51. The molecule has 18 heavy (non-hydrogen) atoms. The maximum absolute atomic E-state index is 5.71. The lowest BCUT2D eigenvalue weighted by Crippen LogP contribution is -2.25. The number of nitrogens with two attached hydrogens (primary N) is 1. The van der Waals surface area contributed by atoms with E-state index in [4.69, 9.17) is 10.5 Å². The van der Waals surface area contributed by atoms with Crippen LogP contribution in [0.1, 0.15) is 18.9 Å². The number of rotatable bonds is 6. The zero-order chi connectivity index (χ0) is 13.0. The van der Waals surface area contributed by atoms with Gasteiger partial charge in [-0.05, 0) is 31.9 Å². The molecule has 0 radical (unpaired) electrons. The summed E-state index contributed by atoms with van der Waals surface area (Å²) in [5.41, 5.74) is 8.33. The molecule has 0 amide bonds. The van der Waals surface area contributed by atoms with Gasteiger partial charge in [-0.1, -0.05) is 18.2 Å². The van der Waals surface area contributed by atoms with Gasteiger partial charge in [0.05, 0.1) is 6.10 Å². The van der Waals surface area contributed by atoms with E-state index in [-0.39, 0.29) is 6.10 Å². The molecule has 2 rings (SSSR count). The minimum absolute atomic E-state index is 0.163. The molecule has 0 saturated carbocycles. The lowest BCUT2D eigenvalue weighted by molar-refractivity contribution is 0.0601. The van der Waals surface area contributed by atoms with Crippen molar-refractivity contribution < 1.29 is 4.74 Å². The maximum atomic E-state index is 5.71. The highest BCUT2D eigenvalue weighted by atomic mass is 16.5. The number of benzene rings is 1. The molecule has 1 atom stereocenters. The molecule has 98 valence electrons. The molecule has 0 bridgehead atoms. The molecule has 1 unspecified atom stereocenters. The predicted octanol–water partition coefficient (Wildman–Crippen LogP) is 2.70. The van der Waals surface area contributed by atoms with E-state index in [0.717, 1.165) is 19.6 Å². The number of ether oxygens (including phenoxy) is 1. The van der Waals surface area contributed by atoms with Gasteiger partial charge in [0.25, 0.3) is 0 Å². The topological polar surface area (TPSA) is 40.2 Å². The third-order valence-corrected chi connectivity index (χ3v) is 3.35. The van der Waals surface area contributed by atoms with Crippen molar-refractivity contribution in [2.24, 2.45) is 5.73 Å². The summed E-state index contributed by atoms with van der Waals surface area (Å²) in [6.45, 7) is 6.44. The van der Waals surface area contributed by atoms with Gasteiger partial charge in [0.1, 0.15) is 0 Å². The Bertz CT molecular complexity index is 504. The van der Waals surface area contributed by atoms with Gasteiger partial charge in [-0.25, -0.2) is 0 Å². The molecule has 1 aromatic carbocycles. The summed E-state index contributed by atoms with van der Waals surface area (Å²) < 4.78 is 7.89. The van der Waals surface area contributed by atoms with Crippen molar-refractivity contribution in [2.45, 2.75) is 32.9 Å². The Morgan fingerprint density at radius 1 is 1.33 bits per heavy atom. The van der Waals surface area contributed by atoms with E-state index in [9.17, 15) is 0 Å². The summed E-state index contributed by atoms with van der Waals surface area (Å²) in [6.07, 6.45) is 3.34. The van der Waals surface area contributed by atoms with Crippen molar-refractivity contribution in [1.29, 1.82) is 0 Å². The van der Waals surface area contributed by atoms with Gasteiger partial charge in [-0.2, -0.15) is 0 Å². The minimum atomic E-state index is 0.163. The van der Waals surface area contributed by atoms with Crippen molar-refractivity contribution in [3.8, 4) is 0 Å². The minimum Gasteiger partial charge on any atom is -0.377 e. The normalized spacial score (nSPS) is 13.1. The molecular formula is C15H22N2O. The fourth-order valence-electron chi connectivity index (χ4n) is 2.40. The number of aromatic nitrogens is 1. The second-order valence-corrected chi connectivity index (χ2v) is 4.62. The first-order valence-corrected chi connectivity index (χ1v) is 6.62. The van der Waals surface area contributed by atoms with Gasteiger partial charge in [0.2, 0.25) is 0 Å². The van der Waals surface area contributed by atoms with Gasteiger partial charge in [0, 0.05) is 36.8 Å². The Kier molecular flexibility index (Phi) is 4.39. The summed E-state index contributed by atoms with van der Waals surface area (Å²) in [4.78, 5) is 0. The quantitative estimate of drug-likeness (QED) is 0.851. The van der Waals surface area contributed by atoms with E-state index in [1.165, 1.54) is 16.5 Å². The SMILES string of the molecule is CCOC(CN)CCn1cc(C)c2ccccc21. The second-order valence-electron chi connectivity index (χ2n) is 4.62. The van der Waals surface area contributed by atoms with E-state index in [2.05, 4.69) is 42.0 Å². The summed E-state index contributed by atoms with van der Waals surface area (Å²) in [5.74, 6) is 0. The van der Waals surface area contributed by atoms with Crippen LogP contribution in [0.15, 0.2) is 30.5 Å². The first-order chi connectivity index (χ1) is 8.76. The van der Waals surface area contributed by atoms with E-state index in [1.54, 1.807) is 0 Å². The van der Waals surface area contributed by atoms with Gasteiger partial charge >= 0.3 is 0 Å². The largest absolute Gasteiger partial charge is 0.377 e. The third kappa shape index (κ3) is 2.74. The molecule has 0 saturated heterocycles. The molecular weight excluding hydrogens is 224 g/mol. The van der Waals surface area contributed by atoms with Crippen molar-refractivity contribution in [2.75, 3.05) is 13.2 Å². The van der Waals surface area contributed by atoms with Crippen LogP contribution in [-0.2, 0) is 11.3 Å². The van der Waals surface area contributed by atoms with Crippen LogP contribution in [-0.4, -0.2) is 23.8 Å². The van der Waals surface area contributed by atoms with Crippen LogP contribution in [0.4, 0.5) is 0 Å². The van der Waals surface area contributed by atoms with Crippen LogP contribution >= 0.6 is 0 Å². The number of fused-ring (bicyclic) bond motifs is 1. The number of hydrogen-bond donors (Lipinski definition) is 1. The molecule has 0 spiro atoms. The Balaban J connectivity index is 2.12. The molecule has 2 N–H and O–H groups in total. The number of para-hydroxylation sites is 1. The first-order valence-electron chi connectivity index (χ1n) is 6.62. The predicted molar refractivity (Wildman–Crippen MR) is 75.8 cm³/mol. The molecule has 1 heterocycles. The summed E-state index contributed by atoms with van der Waals surface area (Å²) in [5, 5.41) is 1.33. The zero-order valence-corrected chi connectivity index (χ0v) is 11.2. The van der Waals surface area contributed by atoms with Crippen molar-refractivity contribution in [3.63, 3.8) is 0 Å². The van der Waals surface area contributed by atoms with E-state index < -0.39 is 0 Å². The number of nitrogens with zero attached hydrogens (tertiary/aromatic N) is 1. The molecule has 2 aromatic rings. The highest BCUT2D eigenvalue weighted by Crippen LogP contribution is 2.20. The molecule has 3 heteroatoms. The van der Waals surface area contributed by atoms with E-state index >= 15 is 0 Å². The lowest BCUT2D eigenvalue weighted by atomic mass is 10.2. The fourth-order valence-corrected chi connectivity index (χ4v) is 2.40. The maximum Gasteiger partial charge on any atom is 0.0714 e. The monoisotopic (exact) mass is 246 g/mol. The number of aryl methyl sites for hydroxylation is 2. The lowest BCUT2D eigenvalue weighted by Gasteiger charge is -2.15. The zero-order valence-electron chi connectivity index (χ0n) is 11.2. The van der Waals surface area contributed by atoms with Crippen LogP contribution in [0.5, 0.6) is 0 Å². The van der Waals surface area contributed by atoms with Crippen LogP contribution in [0.2, 0.25) is 0 Å². The van der Waals surface area contributed by atoms with Crippen LogP contribution < -0.4 is 5.73 Å². The Morgan fingerprint density at radius 2 is 2.11 bits per heavy atom. The van der Waals surface area contributed by atoms with Gasteiger partial charge < -0.3 is 15.0 Å². The molecule has 0 aliphatic rings. The van der Waals surface area contributed by atoms with Gasteiger partial charge in [-0.15, -0.1) is 0 Å². The van der Waals surface area contributed by atoms with Gasteiger partial charge in [-0.3, -0.25) is 0 Å². The average molecular weight is 246 g/mol. The summed E-state index contributed by atoms with van der Waals surface area (Å²) in [7, 11) is 0. The van der Waals surface area contributed by atoms with Crippen molar-refractivity contribution in [1.82, 2.24) is 4.57 Å². The Morgan fingerprint density at radius 3 is 2.83 bits per heavy atom. The van der Waals surface area contributed by atoms with Crippen molar-refractivity contribution in [3.05, 3.63) is 36.0 Å². The number of hydrogen-bond acceptors (Lipinski definition) is 2. The molecule has 3 nitrogen and oxygen atoms in total. The molecule has 0 aliphatic carbocycles. The van der Waals surface area contributed by atoms with Crippen LogP contribution in [0, 0.1) is 6.92 Å². The average Bonchev–Trinajstić information content (AvgIpc) is 2.72. The van der Waals surface area contributed by atoms with Gasteiger partial charge in [0.15, 0.2) is 0 Å². The molecule has 0 aliphatic heterocycles. The fraction of sp³-hybridized carbons (Fsp3) is 0.467. The first kappa shape index (κ1) is 13.1. The standard InChI is InChI=1S/C15H22N2O/c1-3-18-13(10-16)8-9-17-11-12(2)14-6-4-5-7-15(14)17/h4-7,11,13H,3,8-10,16H2,1-2H3. The third-order valence-electron chi connectivity index (χ3n) is 3.35. The van der Waals surface area contributed by atoms with E-state index in [0.29, 0.717) is 6.54 Å². The smallest absolute Gasteiger partial charge is 0.0714 e. The summed E-state index contributed by atoms with van der Waals surface area (Å²) >= 11 is 0. The van der Waals surface area contributed by atoms with Crippen LogP contribution in [0.25, 0.3) is 10.9 Å². The van der Waals surface area contributed by atoms with Crippen LogP contribution in [0.3, 0.4) is 0 Å². The van der Waals surface area contributed by atoms with Crippen molar-refractivity contribution >= 4 is 10.9 Å². The highest BCUT2D eigenvalue weighted by molar-refractivity contribution is 5.83. The second kappa shape index (κ2) is 6.03. The molecule has 0 fully saturated rings. The van der Waals surface area contributed by atoms with E-state index in [1.807, 2.05) is 6.92 Å². The Labute approximate surface area is 109 Å². The Hall–Kier alpha value is -1.32. The highest BCUT2D eigenvalue weighted by Gasteiger charge is 2.08. The molecule has 1 aromatic heterocycles.